The summed E-state index contributed by atoms with van der Waals surface area (Å²) in [5, 5.41) is 18.7. The molecule has 94 valence electrons. The molecule has 6 nitrogen and oxygen atoms in total. The first-order valence-electron chi connectivity index (χ1n) is 4.59. The first kappa shape index (κ1) is 12.0. The SMILES string of the molecule is O=C(O)c1nnn(-c2ccc(C(F)(F)F)cc2)n1. The molecule has 0 saturated heterocycles. The third kappa shape index (κ3) is 2.29. The molecule has 2 rings (SSSR count). The molecule has 2 aromatic rings. The largest absolute Gasteiger partial charge is 0.475 e. The van der Waals surface area contributed by atoms with Gasteiger partial charge in [0.2, 0.25) is 0 Å². The van der Waals surface area contributed by atoms with Crippen molar-refractivity contribution < 1.29 is 23.1 Å². The number of alkyl halides is 3. The van der Waals surface area contributed by atoms with E-state index in [1.807, 2.05) is 0 Å². The molecule has 9 heteroatoms. The van der Waals surface area contributed by atoms with Crippen molar-refractivity contribution in [3.8, 4) is 5.69 Å². The summed E-state index contributed by atoms with van der Waals surface area (Å²) in [6, 6.07) is 3.94. The monoisotopic (exact) mass is 258 g/mol. The molecule has 0 aliphatic heterocycles. The Morgan fingerprint density at radius 1 is 1.22 bits per heavy atom. The zero-order chi connectivity index (χ0) is 13.3. The predicted octanol–water partition coefficient (Wildman–Crippen LogP) is 1.38. The lowest BCUT2D eigenvalue weighted by Crippen LogP contribution is -2.06. The second-order valence-electron chi connectivity index (χ2n) is 3.25. The van der Waals surface area contributed by atoms with E-state index in [0.717, 1.165) is 29.1 Å². The Kier molecular flexibility index (Phi) is 2.73. The van der Waals surface area contributed by atoms with Gasteiger partial charge in [-0.2, -0.15) is 13.2 Å². The van der Waals surface area contributed by atoms with E-state index in [1.165, 1.54) is 0 Å². The van der Waals surface area contributed by atoms with Gasteiger partial charge >= 0.3 is 12.1 Å². The van der Waals surface area contributed by atoms with Crippen LogP contribution in [0.5, 0.6) is 0 Å². The van der Waals surface area contributed by atoms with Crippen molar-refractivity contribution in [3.63, 3.8) is 0 Å². The lowest BCUT2D eigenvalue weighted by atomic mass is 10.2. The summed E-state index contributed by atoms with van der Waals surface area (Å²) in [5.74, 6) is -1.90. The molecular weight excluding hydrogens is 253 g/mol. The van der Waals surface area contributed by atoms with E-state index < -0.39 is 23.5 Å². The summed E-state index contributed by atoms with van der Waals surface area (Å²) in [6.07, 6.45) is -4.43. The van der Waals surface area contributed by atoms with Crippen LogP contribution in [-0.4, -0.2) is 31.3 Å². The summed E-state index contributed by atoms with van der Waals surface area (Å²) in [6.45, 7) is 0. The van der Waals surface area contributed by atoms with Crippen LogP contribution >= 0.6 is 0 Å². The number of benzene rings is 1. The van der Waals surface area contributed by atoms with Crippen molar-refractivity contribution in [3.05, 3.63) is 35.7 Å². The van der Waals surface area contributed by atoms with E-state index in [4.69, 9.17) is 5.11 Å². The van der Waals surface area contributed by atoms with E-state index in [-0.39, 0.29) is 5.69 Å². The molecule has 0 bridgehead atoms. The third-order valence-corrected chi connectivity index (χ3v) is 2.03. The molecule has 1 heterocycles. The normalized spacial score (nSPS) is 11.5. The predicted molar refractivity (Wildman–Crippen MR) is 51.1 cm³/mol. The zero-order valence-electron chi connectivity index (χ0n) is 8.59. The average molecular weight is 258 g/mol. The van der Waals surface area contributed by atoms with Gasteiger partial charge in [0, 0.05) is 0 Å². The van der Waals surface area contributed by atoms with Crippen molar-refractivity contribution >= 4 is 5.97 Å². The van der Waals surface area contributed by atoms with E-state index >= 15 is 0 Å². The lowest BCUT2D eigenvalue weighted by molar-refractivity contribution is -0.137. The average Bonchev–Trinajstić information content (AvgIpc) is 2.77. The van der Waals surface area contributed by atoms with E-state index in [0.29, 0.717) is 0 Å². The van der Waals surface area contributed by atoms with Gasteiger partial charge in [0.15, 0.2) is 0 Å². The van der Waals surface area contributed by atoms with Crippen LogP contribution in [0.4, 0.5) is 13.2 Å². The Balaban J connectivity index is 2.31. The van der Waals surface area contributed by atoms with Crippen LogP contribution in [0.2, 0.25) is 0 Å². The minimum absolute atomic E-state index is 0.183. The van der Waals surface area contributed by atoms with Gasteiger partial charge in [0.25, 0.3) is 5.82 Å². The number of carboxylic acids is 1. The summed E-state index contributed by atoms with van der Waals surface area (Å²) >= 11 is 0. The molecular formula is C9H5F3N4O2. The van der Waals surface area contributed by atoms with Gasteiger partial charge in [-0.05, 0) is 29.5 Å². The first-order chi connectivity index (χ1) is 8.38. The summed E-state index contributed by atoms with van der Waals surface area (Å²) in [4.78, 5) is 11.3. The highest BCUT2D eigenvalue weighted by atomic mass is 19.4. The van der Waals surface area contributed by atoms with Gasteiger partial charge in [-0.1, -0.05) is 0 Å². The molecule has 1 aromatic carbocycles. The highest BCUT2D eigenvalue weighted by Crippen LogP contribution is 2.29. The molecule has 0 aliphatic rings. The molecule has 0 spiro atoms. The first-order valence-corrected chi connectivity index (χ1v) is 4.59. The van der Waals surface area contributed by atoms with Crippen LogP contribution in [0.15, 0.2) is 24.3 Å². The Hall–Kier alpha value is -2.45. The van der Waals surface area contributed by atoms with Gasteiger partial charge in [-0.25, -0.2) is 4.79 Å². The lowest BCUT2D eigenvalue weighted by Gasteiger charge is -2.06. The molecule has 0 saturated carbocycles. The number of rotatable bonds is 2. The molecule has 0 unspecified atom stereocenters. The number of carboxylic acid groups (broad SMARTS) is 1. The van der Waals surface area contributed by atoms with Crippen molar-refractivity contribution in [2.75, 3.05) is 0 Å². The summed E-state index contributed by atoms with van der Waals surface area (Å²) in [5.41, 5.74) is -0.632. The van der Waals surface area contributed by atoms with Gasteiger partial charge in [0.05, 0.1) is 11.3 Å². The zero-order valence-corrected chi connectivity index (χ0v) is 8.59. The Morgan fingerprint density at radius 2 is 1.83 bits per heavy atom. The molecule has 0 fully saturated rings. The Labute approximate surface area is 97.7 Å². The highest BCUT2D eigenvalue weighted by molar-refractivity contribution is 5.82. The smallest absolute Gasteiger partial charge is 0.416 e. The number of aromatic carboxylic acids is 1. The summed E-state index contributed by atoms with van der Waals surface area (Å²) < 4.78 is 36.9. The molecule has 0 amide bonds. The van der Waals surface area contributed by atoms with Crippen molar-refractivity contribution in [1.29, 1.82) is 0 Å². The van der Waals surface area contributed by atoms with Crippen LogP contribution in [-0.2, 0) is 6.18 Å². The maximum absolute atomic E-state index is 12.3. The molecule has 1 N–H and O–H groups in total. The molecule has 18 heavy (non-hydrogen) atoms. The minimum Gasteiger partial charge on any atom is -0.475 e. The van der Waals surface area contributed by atoms with Gasteiger partial charge in [0.1, 0.15) is 0 Å². The third-order valence-electron chi connectivity index (χ3n) is 2.03. The molecule has 0 aliphatic carbocycles. The van der Waals surface area contributed by atoms with Crippen LogP contribution in [0.1, 0.15) is 16.2 Å². The fourth-order valence-electron chi connectivity index (χ4n) is 1.19. The molecule has 0 radical (unpaired) electrons. The highest BCUT2D eigenvalue weighted by Gasteiger charge is 2.30. The van der Waals surface area contributed by atoms with Gasteiger partial charge in [-0.3, -0.25) is 0 Å². The number of hydrogen-bond acceptors (Lipinski definition) is 4. The van der Waals surface area contributed by atoms with Gasteiger partial charge in [-0.15, -0.1) is 15.0 Å². The van der Waals surface area contributed by atoms with E-state index in [9.17, 15) is 18.0 Å². The minimum atomic E-state index is -4.43. The number of aromatic nitrogens is 4. The van der Waals surface area contributed by atoms with Crippen LogP contribution in [0.3, 0.4) is 0 Å². The van der Waals surface area contributed by atoms with Crippen LogP contribution < -0.4 is 0 Å². The second-order valence-corrected chi connectivity index (χ2v) is 3.25. The number of carbonyl (C=O) groups is 1. The maximum atomic E-state index is 12.3. The summed E-state index contributed by atoms with van der Waals surface area (Å²) in [7, 11) is 0. The van der Waals surface area contributed by atoms with Crippen molar-refractivity contribution in [1.82, 2.24) is 20.2 Å². The fourth-order valence-corrected chi connectivity index (χ4v) is 1.19. The standard InChI is InChI=1S/C9H5F3N4O2/c10-9(11,12)5-1-3-6(4-2-5)16-14-7(8(17)18)13-15-16/h1-4H,(H,17,18). The topological polar surface area (TPSA) is 80.9 Å². The van der Waals surface area contributed by atoms with Gasteiger partial charge < -0.3 is 5.11 Å². The van der Waals surface area contributed by atoms with Crippen molar-refractivity contribution in [2.24, 2.45) is 0 Å². The van der Waals surface area contributed by atoms with Crippen molar-refractivity contribution in [2.45, 2.75) is 6.18 Å². The second kappa shape index (κ2) is 4.09. The number of hydrogen-bond donors (Lipinski definition) is 1. The Morgan fingerprint density at radius 3 is 2.28 bits per heavy atom. The fraction of sp³-hybridized carbons (Fsp3) is 0.111. The number of tetrazole rings is 1. The van der Waals surface area contributed by atoms with Crippen LogP contribution in [0.25, 0.3) is 5.69 Å². The maximum Gasteiger partial charge on any atom is 0.416 e. The quantitative estimate of drug-likeness (QED) is 0.880. The number of nitrogens with zero attached hydrogens (tertiary/aromatic N) is 4. The van der Waals surface area contributed by atoms with E-state index in [1.54, 1.807) is 0 Å². The molecule has 1 aromatic heterocycles. The number of halogens is 3. The van der Waals surface area contributed by atoms with E-state index in [2.05, 4.69) is 15.4 Å². The molecule has 0 atom stereocenters. The van der Waals surface area contributed by atoms with Crippen LogP contribution in [0, 0.1) is 0 Å². The Bertz CT molecular complexity index is 576.